The molecule has 0 aliphatic carbocycles. The van der Waals surface area contributed by atoms with E-state index in [4.69, 9.17) is 21.2 Å². The van der Waals surface area contributed by atoms with Gasteiger partial charge in [-0.25, -0.2) is 9.78 Å². The van der Waals surface area contributed by atoms with Gasteiger partial charge in [0.2, 0.25) is 17.4 Å². The molecule has 3 amide bonds. The summed E-state index contributed by atoms with van der Waals surface area (Å²) in [5, 5.41) is 32.7. The van der Waals surface area contributed by atoms with Crippen LogP contribution in [-0.2, 0) is 35.4 Å². The van der Waals surface area contributed by atoms with E-state index in [-0.39, 0.29) is 29.0 Å². The van der Waals surface area contributed by atoms with Crippen LogP contribution in [0, 0.1) is 10.1 Å². The number of anilines is 1. The fourth-order valence-electron chi connectivity index (χ4n) is 3.00. The van der Waals surface area contributed by atoms with Gasteiger partial charge in [0.05, 0.1) is 17.6 Å². The lowest BCUT2D eigenvalue weighted by Gasteiger charge is -2.35. The van der Waals surface area contributed by atoms with Gasteiger partial charge in [-0.3, -0.25) is 24.5 Å². The summed E-state index contributed by atoms with van der Waals surface area (Å²) in [6, 6.07) is 3.64. The molecule has 17 heteroatoms. The number of aliphatic hydroxyl groups is 1. The molecular weight excluding hydrogens is 560 g/mol. The van der Waals surface area contributed by atoms with Crippen LogP contribution < -0.4 is 16.0 Å². The topological polar surface area (TPSA) is 211 Å². The van der Waals surface area contributed by atoms with Crippen molar-refractivity contribution < 1.29 is 38.8 Å². The van der Waals surface area contributed by atoms with Crippen molar-refractivity contribution in [2.24, 2.45) is 5.16 Å². The number of nitrogens with zero attached hydrogens (tertiary/aromatic N) is 3. The zero-order valence-corrected chi connectivity index (χ0v) is 22.1. The SMILES string of the molecule is CC(C)(O/N=C(\C(=O)NC1C(=O)NC1CO)c1csc(NC(=O)CCl)n1)C(=O)OCc1ccc([N+](=O)[O-])cc1. The van der Waals surface area contributed by atoms with Gasteiger partial charge in [0.15, 0.2) is 10.8 Å². The highest BCUT2D eigenvalue weighted by atomic mass is 35.5. The summed E-state index contributed by atoms with van der Waals surface area (Å²) >= 11 is 6.44. The number of benzene rings is 1. The summed E-state index contributed by atoms with van der Waals surface area (Å²) in [6.45, 7) is 2.03. The molecule has 1 aliphatic heterocycles. The second kappa shape index (κ2) is 12.6. The van der Waals surface area contributed by atoms with Crippen LogP contribution >= 0.6 is 22.9 Å². The Morgan fingerprint density at radius 3 is 2.59 bits per heavy atom. The average molecular weight is 583 g/mol. The third-order valence-electron chi connectivity index (χ3n) is 5.20. The maximum absolute atomic E-state index is 13.0. The lowest BCUT2D eigenvalue weighted by Crippen LogP contribution is -2.70. The summed E-state index contributed by atoms with van der Waals surface area (Å²) in [5.41, 5.74) is -1.81. The van der Waals surface area contributed by atoms with Crippen LogP contribution in [0.25, 0.3) is 0 Å². The van der Waals surface area contributed by atoms with E-state index in [1.165, 1.54) is 43.5 Å². The number of halogens is 1. The first kappa shape index (κ1) is 29.4. The normalized spacial score (nSPS) is 16.9. The fraction of sp³-hybridized carbons (Fsp3) is 0.364. The van der Waals surface area contributed by atoms with Gasteiger partial charge in [0, 0.05) is 17.5 Å². The summed E-state index contributed by atoms with van der Waals surface area (Å²) < 4.78 is 5.23. The monoisotopic (exact) mass is 582 g/mol. The van der Waals surface area contributed by atoms with Crippen LogP contribution in [0.5, 0.6) is 0 Å². The predicted octanol–water partition coefficient (Wildman–Crippen LogP) is 0.447. The van der Waals surface area contributed by atoms with E-state index in [9.17, 15) is 34.4 Å². The number of hydrogen-bond acceptors (Lipinski definition) is 12. The number of nitro benzene ring substituents is 1. The number of rotatable bonds is 12. The number of thiazole rings is 1. The molecule has 1 aromatic carbocycles. The van der Waals surface area contributed by atoms with E-state index < -0.39 is 58.6 Å². The smallest absolute Gasteiger partial charge is 0.353 e. The highest BCUT2D eigenvalue weighted by Gasteiger charge is 2.41. The van der Waals surface area contributed by atoms with Gasteiger partial charge in [-0.15, -0.1) is 22.9 Å². The zero-order valence-electron chi connectivity index (χ0n) is 20.5. The molecule has 0 saturated carbocycles. The molecular formula is C22H23ClN6O9S. The van der Waals surface area contributed by atoms with Crippen molar-refractivity contribution in [2.45, 2.75) is 38.1 Å². The first-order valence-electron chi connectivity index (χ1n) is 11.2. The van der Waals surface area contributed by atoms with E-state index in [2.05, 4.69) is 26.1 Å². The minimum absolute atomic E-state index is 0.0438. The maximum atomic E-state index is 13.0. The van der Waals surface area contributed by atoms with Gasteiger partial charge in [-0.2, -0.15) is 0 Å². The molecule has 2 unspecified atom stereocenters. The van der Waals surface area contributed by atoms with Crippen LogP contribution in [0.15, 0.2) is 34.8 Å². The van der Waals surface area contributed by atoms with E-state index >= 15 is 0 Å². The first-order valence-corrected chi connectivity index (χ1v) is 12.6. The number of aromatic nitrogens is 1. The second-order valence-electron chi connectivity index (χ2n) is 8.51. The average Bonchev–Trinajstić information content (AvgIpc) is 3.36. The predicted molar refractivity (Wildman–Crippen MR) is 137 cm³/mol. The number of nitro groups is 1. The molecule has 1 fully saturated rings. The molecule has 208 valence electrons. The van der Waals surface area contributed by atoms with Crippen LogP contribution in [0.4, 0.5) is 10.8 Å². The number of oxime groups is 1. The Labute approximate surface area is 229 Å². The molecule has 15 nitrogen and oxygen atoms in total. The molecule has 0 spiro atoms. The van der Waals surface area contributed by atoms with Gasteiger partial charge in [-0.1, -0.05) is 5.16 Å². The highest BCUT2D eigenvalue weighted by Crippen LogP contribution is 2.20. The lowest BCUT2D eigenvalue weighted by molar-refractivity contribution is -0.384. The highest BCUT2D eigenvalue weighted by molar-refractivity contribution is 7.14. The Morgan fingerprint density at radius 1 is 1.31 bits per heavy atom. The number of alkyl halides is 1. The minimum Gasteiger partial charge on any atom is -0.458 e. The Balaban J connectivity index is 1.75. The van der Waals surface area contributed by atoms with Gasteiger partial charge in [0.25, 0.3) is 11.6 Å². The first-order chi connectivity index (χ1) is 18.4. The van der Waals surface area contributed by atoms with Crippen LogP contribution in [-0.4, -0.2) is 74.6 Å². The molecule has 4 N–H and O–H groups in total. The standard InChI is InChI=1S/C22H23ClN6O9S/c1-22(2,20(34)37-9-11-3-5-12(6-4-11)29(35)36)38-28-17(14-10-39-21(25-14)26-15(31)7-23)19(33)27-16-13(8-30)24-18(16)32/h3-6,10,13,16,30H,7-9H2,1-2H3,(H,24,32)(H,27,33)(H,25,26,31)/b28-17-. The third-order valence-corrected chi connectivity index (χ3v) is 6.20. The summed E-state index contributed by atoms with van der Waals surface area (Å²) in [6.07, 6.45) is 0. The summed E-state index contributed by atoms with van der Waals surface area (Å²) in [5.74, 6) is -3.15. The van der Waals surface area contributed by atoms with Crippen molar-refractivity contribution in [1.82, 2.24) is 15.6 Å². The Morgan fingerprint density at radius 2 is 2.00 bits per heavy atom. The van der Waals surface area contributed by atoms with Crippen molar-refractivity contribution in [3.8, 4) is 0 Å². The minimum atomic E-state index is -1.71. The van der Waals surface area contributed by atoms with Crippen LogP contribution in [0.3, 0.4) is 0 Å². The van der Waals surface area contributed by atoms with Crippen molar-refractivity contribution in [3.05, 3.63) is 51.0 Å². The Hall–Kier alpha value is -4.15. The summed E-state index contributed by atoms with van der Waals surface area (Å²) in [4.78, 5) is 68.8. The molecule has 2 aromatic rings. The van der Waals surface area contributed by atoms with Crippen molar-refractivity contribution in [1.29, 1.82) is 0 Å². The zero-order chi connectivity index (χ0) is 28.7. The maximum Gasteiger partial charge on any atom is 0.353 e. The number of non-ortho nitro benzene ring substituents is 1. The molecule has 0 bridgehead atoms. The van der Waals surface area contributed by atoms with Crippen LogP contribution in [0.1, 0.15) is 25.1 Å². The molecule has 1 saturated heterocycles. The largest absolute Gasteiger partial charge is 0.458 e. The molecule has 2 atom stereocenters. The van der Waals surface area contributed by atoms with Gasteiger partial charge in [0.1, 0.15) is 24.2 Å². The van der Waals surface area contributed by atoms with E-state index in [1.807, 2.05) is 0 Å². The molecule has 3 rings (SSSR count). The molecule has 39 heavy (non-hydrogen) atoms. The molecule has 2 heterocycles. The number of esters is 1. The Kier molecular flexibility index (Phi) is 9.50. The number of amides is 3. The Bertz CT molecular complexity index is 1300. The van der Waals surface area contributed by atoms with E-state index in [0.717, 1.165) is 11.3 Å². The number of aliphatic hydroxyl groups excluding tert-OH is 1. The van der Waals surface area contributed by atoms with Crippen molar-refractivity contribution >= 4 is 63.2 Å². The summed E-state index contributed by atoms with van der Waals surface area (Å²) in [7, 11) is 0. The molecule has 1 aromatic heterocycles. The van der Waals surface area contributed by atoms with E-state index in [1.54, 1.807) is 0 Å². The molecule has 1 aliphatic rings. The number of β-lactam (4-membered cyclic amide) rings is 1. The van der Waals surface area contributed by atoms with Crippen LogP contribution in [0.2, 0.25) is 0 Å². The van der Waals surface area contributed by atoms with Crippen molar-refractivity contribution in [3.63, 3.8) is 0 Å². The van der Waals surface area contributed by atoms with E-state index in [0.29, 0.717) is 5.56 Å². The lowest BCUT2D eigenvalue weighted by atomic mass is 9.99. The number of carbonyl (C=O) groups is 4. The van der Waals surface area contributed by atoms with Gasteiger partial charge in [-0.05, 0) is 31.5 Å². The number of hydrogen-bond donors (Lipinski definition) is 4. The van der Waals surface area contributed by atoms with Gasteiger partial charge >= 0.3 is 5.97 Å². The number of ether oxygens (including phenoxy) is 1. The van der Waals surface area contributed by atoms with Gasteiger partial charge < -0.3 is 30.6 Å². The fourth-order valence-corrected chi connectivity index (χ4v) is 3.78. The van der Waals surface area contributed by atoms with Crippen molar-refractivity contribution in [2.75, 3.05) is 17.8 Å². The third kappa shape index (κ3) is 7.46. The quantitative estimate of drug-likeness (QED) is 0.0677. The number of carbonyl (C=O) groups excluding carboxylic acids is 4. The molecule has 0 radical (unpaired) electrons. The second-order valence-corrected chi connectivity index (χ2v) is 9.64. The number of nitrogens with one attached hydrogen (secondary N) is 3.